The molecule has 2 atom stereocenters. The zero-order chi connectivity index (χ0) is 10.3. The number of hydrogen-bond donors (Lipinski definition) is 2. The number of hydrogen-bond acceptors (Lipinski definition) is 6. The van der Waals surface area contributed by atoms with E-state index < -0.39 is 24.1 Å². The van der Waals surface area contributed by atoms with Crippen LogP contribution in [-0.4, -0.2) is 58.3 Å². The third-order valence-electron chi connectivity index (χ3n) is 0.682. The van der Waals surface area contributed by atoms with Crippen molar-refractivity contribution in [1.29, 1.82) is 0 Å². The van der Waals surface area contributed by atoms with E-state index >= 15 is 0 Å². The average Bonchev–Trinajstić information content (AvgIpc) is 1.88. The van der Waals surface area contributed by atoms with E-state index in [-0.39, 0.29) is 52.8 Å². The molecular weight excluding hydrogens is 390 g/mol. The minimum absolute atomic E-state index is 0. The fraction of sp³-hybridized carbons (Fsp3) is 0.667. The van der Waals surface area contributed by atoms with E-state index in [9.17, 15) is 19.8 Å². The van der Waals surface area contributed by atoms with Crippen LogP contribution in [0, 0.1) is 0 Å². The zero-order valence-electron chi connectivity index (χ0n) is 8.65. The molecule has 0 fully saturated rings. The minimum Gasteiger partial charge on any atom is -1.00 e. The minimum atomic E-state index is -1.44. The molecule has 0 bridgehead atoms. The van der Waals surface area contributed by atoms with Gasteiger partial charge in [0.05, 0.1) is 24.1 Å². The van der Waals surface area contributed by atoms with Crippen molar-refractivity contribution in [2.24, 2.45) is 0 Å². The molecule has 0 aliphatic rings. The Morgan fingerprint density at radius 3 is 1.00 bits per heavy atom. The van der Waals surface area contributed by atoms with Gasteiger partial charge < -0.3 is 39.4 Å². The number of carboxylic acid groups (broad SMARTS) is 2. The fourth-order valence-corrected chi connectivity index (χ4v) is 0. The van der Waals surface area contributed by atoms with Gasteiger partial charge in [0.15, 0.2) is 0 Å². The summed E-state index contributed by atoms with van der Waals surface area (Å²) < 4.78 is 0. The first-order chi connectivity index (χ1) is 5.29. The maximum atomic E-state index is 9.34. The van der Waals surface area contributed by atoms with Crippen LogP contribution in [0.15, 0.2) is 0 Å². The van der Waals surface area contributed by atoms with Gasteiger partial charge in [-0.1, -0.05) is 0 Å². The van der Waals surface area contributed by atoms with E-state index in [4.69, 9.17) is 10.2 Å². The normalized spacial score (nSPS) is 10.2. The summed E-state index contributed by atoms with van der Waals surface area (Å²) in [6, 6.07) is 0. The molecule has 6 nitrogen and oxygen atoms in total. The van der Waals surface area contributed by atoms with Gasteiger partial charge in [0.2, 0.25) is 0 Å². The molecule has 0 amide bonds. The van der Waals surface area contributed by atoms with Crippen molar-refractivity contribution in [3.8, 4) is 0 Å². The van der Waals surface area contributed by atoms with Gasteiger partial charge in [-0.15, -0.1) is 0 Å². The second-order valence-electron chi connectivity index (χ2n) is 1.99. The van der Waals surface area contributed by atoms with Gasteiger partial charge in [0.25, 0.3) is 0 Å². The second kappa shape index (κ2) is 20.5. The first kappa shape index (κ1) is 36.0. The van der Waals surface area contributed by atoms with Gasteiger partial charge >= 0.3 is 43.4 Å². The molecule has 2 unspecified atom stereocenters. The van der Waals surface area contributed by atoms with Gasteiger partial charge in [-0.2, -0.15) is 0 Å². The third kappa shape index (κ3) is 36.8. The number of aliphatic hydroxyl groups excluding tert-OH is 2. The number of rotatable bonds is 2. The van der Waals surface area contributed by atoms with Crippen LogP contribution in [-0.2, 0) is 29.1 Å². The summed E-state index contributed by atoms with van der Waals surface area (Å²) in [5.74, 6) is -2.87. The molecule has 0 rings (SSSR count). The quantitative estimate of drug-likeness (QED) is 0.444. The molecule has 2 radical (unpaired) electrons. The molecule has 0 saturated heterocycles. The van der Waals surface area contributed by atoms with Gasteiger partial charge in [-0.05, 0) is 13.8 Å². The van der Waals surface area contributed by atoms with Crippen LogP contribution in [0.2, 0.25) is 0 Å². The number of carbonyl (C=O) groups excluding carboxylic acids is 2. The molecule has 90 valence electrons. The predicted octanol–water partition coefficient (Wildman–Crippen LogP) is -10.1. The van der Waals surface area contributed by atoms with Crippen LogP contribution in [0.1, 0.15) is 13.8 Å². The first-order valence-electron chi connectivity index (χ1n) is 3.06. The van der Waals surface area contributed by atoms with Crippen molar-refractivity contribution in [3.05, 3.63) is 0 Å². The fourth-order valence-electron chi connectivity index (χ4n) is 0. The molecule has 0 aliphatic heterocycles. The van der Waals surface area contributed by atoms with Crippen molar-refractivity contribution in [1.82, 2.24) is 0 Å². The van der Waals surface area contributed by atoms with Crippen LogP contribution in [0.3, 0.4) is 0 Å². The Morgan fingerprint density at radius 1 is 0.938 bits per heavy atom. The molecule has 0 heterocycles. The average molecular weight is 400 g/mol. The Morgan fingerprint density at radius 2 is 1.00 bits per heavy atom. The topological polar surface area (TPSA) is 121 Å². The van der Waals surface area contributed by atoms with Gasteiger partial charge in [0.1, 0.15) is 0 Å². The van der Waals surface area contributed by atoms with Crippen LogP contribution in [0.5, 0.6) is 0 Å². The summed E-state index contributed by atoms with van der Waals surface area (Å²) in [5.41, 5.74) is 0. The molecular formula is C6H10F2O6SnZn. The van der Waals surface area contributed by atoms with Crippen molar-refractivity contribution in [2.75, 3.05) is 0 Å². The van der Waals surface area contributed by atoms with Crippen LogP contribution < -0.4 is 19.6 Å². The third-order valence-corrected chi connectivity index (χ3v) is 0.682. The Balaban J connectivity index is -0.0000000250. The van der Waals surface area contributed by atoms with E-state index in [1.54, 1.807) is 0 Å². The van der Waals surface area contributed by atoms with Crippen molar-refractivity contribution >= 4 is 35.8 Å². The summed E-state index contributed by atoms with van der Waals surface area (Å²) in [4.78, 5) is 18.7. The molecule has 0 aromatic rings. The van der Waals surface area contributed by atoms with E-state index in [0.29, 0.717) is 0 Å². The van der Waals surface area contributed by atoms with Gasteiger partial charge in [-0.3, -0.25) is 0 Å². The Bertz CT molecular complexity index is 151. The summed E-state index contributed by atoms with van der Waals surface area (Å²) >= 11 is 0. The summed E-state index contributed by atoms with van der Waals surface area (Å²) in [6.45, 7) is 2.27. The maximum absolute atomic E-state index is 9.34. The second-order valence-corrected chi connectivity index (χ2v) is 1.99. The number of halogens is 2. The van der Waals surface area contributed by atoms with Gasteiger partial charge in [-0.25, -0.2) is 0 Å². The first-order valence-corrected chi connectivity index (χ1v) is 3.06. The van der Waals surface area contributed by atoms with Crippen molar-refractivity contribution < 1.29 is 58.9 Å². The molecule has 0 aromatic carbocycles. The Hall–Kier alpha value is 0.142. The Kier molecular flexibility index (Phi) is 46.2. The van der Waals surface area contributed by atoms with E-state index in [0.717, 1.165) is 13.8 Å². The van der Waals surface area contributed by atoms with E-state index in [1.165, 1.54) is 0 Å². The number of carbonyl (C=O) groups is 2. The maximum Gasteiger partial charge on any atom is 2.00 e. The number of carboxylic acids is 2. The molecule has 0 spiro atoms. The van der Waals surface area contributed by atoms with Crippen LogP contribution in [0.25, 0.3) is 0 Å². The monoisotopic (exact) mass is 400 g/mol. The summed E-state index contributed by atoms with van der Waals surface area (Å²) in [6.07, 6.45) is -2.69. The number of aliphatic carboxylic acids is 2. The predicted molar refractivity (Wildman–Crippen MR) is 39.1 cm³/mol. The summed E-state index contributed by atoms with van der Waals surface area (Å²) in [5, 5.41) is 34.6. The zero-order valence-corrected chi connectivity index (χ0v) is 14.5. The molecule has 0 aliphatic carbocycles. The molecule has 0 aromatic heterocycles. The van der Waals surface area contributed by atoms with Crippen molar-refractivity contribution in [3.63, 3.8) is 0 Å². The SMILES string of the molecule is CC(O)C(=O)[O-].CC(O)C(=O)[O-].[F-].[F-].[Sn+2].[Zn+2]. The van der Waals surface area contributed by atoms with E-state index in [2.05, 4.69) is 0 Å². The van der Waals surface area contributed by atoms with Crippen LogP contribution >= 0.6 is 0 Å². The smallest absolute Gasteiger partial charge is 1.00 e. The summed E-state index contributed by atoms with van der Waals surface area (Å²) in [7, 11) is 0. The molecule has 16 heavy (non-hydrogen) atoms. The Labute approximate surface area is 120 Å². The van der Waals surface area contributed by atoms with Gasteiger partial charge in [0, 0.05) is 0 Å². The molecule has 0 saturated carbocycles. The van der Waals surface area contributed by atoms with E-state index in [1.807, 2.05) is 0 Å². The standard InChI is InChI=1S/2C3H6O3.2FH.Sn.Zn/c2*1-2(4)3(5)6;;;;/h2*2,4H,1H3,(H,5,6);2*1H;;/q;;;;2*+2/p-4. The largest absolute Gasteiger partial charge is 2.00 e. The molecule has 2 N–H and O–H groups in total. The van der Waals surface area contributed by atoms with Crippen molar-refractivity contribution in [2.45, 2.75) is 26.1 Å². The number of aliphatic hydroxyl groups is 2. The van der Waals surface area contributed by atoms with Crippen LogP contribution in [0.4, 0.5) is 0 Å². The molecule has 10 heteroatoms.